The number of fused-ring (bicyclic) bond motifs is 1. The molecule has 0 aliphatic rings. The normalized spacial score (nSPS) is 10.9. The molecule has 0 aliphatic carbocycles. The zero-order valence-electron chi connectivity index (χ0n) is 9.93. The van der Waals surface area contributed by atoms with Crippen LogP contribution >= 0.6 is 0 Å². The first-order valence-corrected chi connectivity index (χ1v) is 5.66. The minimum absolute atomic E-state index is 0.0891. The van der Waals surface area contributed by atoms with E-state index in [4.69, 9.17) is 4.74 Å². The molecular formula is C13H13N3O2. The van der Waals surface area contributed by atoms with Crippen molar-refractivity contribution >= 4 is 10.9 Å². The molecule has 0 saturated heterocycles. The van der Waals surface area contributed by atoms with Gasteiger partial charge in [0.05, 0.1) is 19.2 Å². The molecule has 0 atom stereocenters. The highest BCUT2D eigenvalue weighted by atomic mass is 16.5. The highest BCUT2D eigenvalue weighted by Gasteiger charge is 2.07. The van der Waals surface area contributed by atoms with Crippen LogP contribution in [0, 0.1) is 0 Å². The summed E-state index contributed by atoms with van der Waals surface area (Å²) >= 11 is 0. The molecule has 18 heavy (non-hydrogen) atoms. The highest BCUT2D eigenvalue weighted by molar-refractivity contribution is 5.88. The van der Waals surface area contributed by atoms with Crippen LogP contribution in [0.1, 0.15) is 5.56 Å². The van der Waals surface area contributed by atoms with Crippen molar-refractivity contribution in [2.75, 3.05) is 7.11 Å². The van der Waals surface area contributed by atoms with E-state index in [9.17, 15) is 4.79 Å². The molecule has 2 N–H and O–H groups in total. The molecule has 5 heteroatoms. The first-order chi connectivity index (χ1) is 8.78. The number of H-pyrrole nitrogens is 2. The standard InChI is InChI=1S/C13H13N3O2/c1-18-11-3-2-9(10-4-6-14-13(10)11)8-16-7-5-12(17)15-16/h2-7,14H,8H2,1H3,(H,15,17). The van der Waals surface area contributed by atoms with Crippen molar-refractivity contribution < 1.29 is 4.74 Å². The van der Waals surface area contributed by atoms with Crippen molar-refractivity contribution in [3.8, 4) is 5.75 Å². The quantitative estimate of drug-likeness (QED) is 0.735. The molecule has 2 heterocycles. The molecule has 0 saturated carbocycles. The Balaban J connectivity index is 2.07. The topological polar surface area (TPSA) is 62.8 Å². The van der Waals surface area contributed by atoms with Crippen LogP contribution in [0.15, 0.2) is 41.5 Å². The van der Waals surface area contributed by atoms with Crippen LogP contribution in [0.5, 0.6) is 5.75 Å². The van der Waals surface area contributed by atoms with E-state index in [0.29, 0.717) is 6.54 Å². The second kappa shape index (κ2) is 4.10. The summed E-state index contributed by atoms with van der Waals surface area (Å²) in [5.74, 6) is 0.819. The minimum atomic E-state index is -0.0891. The van der Waals surface area contributed by atoms with Gasteiger partial charge in [-0.15, -0.1) is 0 Å². The summed E-state index contributed by atoms with van der Waals surface area (Å²) in [6, 6.07) is 7.45. The Morgan fingerprint density at radius 1 is 1.28 bits per heavy atom. The number of aromatic amines is 2. The number of ether oxygens (including phenoxy) is 1. The van der Waals surface area contributed by atoms with Gasteiger partial charge in [0.15, 0.2) is 0 Å². The molecular weight excluding hydrogens is 230 g/mol. The van der Waals surface area contributed by atoms with Gasteiger partial charge in [-0.2, -0.15) is 0 Å². The number of benzene rings is 1. The zero-order valence-corrected chi connectivity index (χ0v) is 9.93. The van der Waals surface area contributed by atoms with Crippen LogP contribution in [0.4, 0.5) is 0 Å². The fourth-order valence-corrected chi connectivity index (χ4v) is 2.15. The fraction of sp³-hybridized carbons (Fsp3) is 0.154. The van der Waals surface area contributed by atoms with Crippen molar-refractivity contribution in [1.29, 1.82) is 0 Å². The summed E-state index contributed by atoms with van der Waals surface area (Å²) in [4.78, 5) is 14.3. The Kier molecular flexibility index (Phi) is 2.44. The summed E-state index contributed by atoms with van der Waals surface area (Å²) in [7, 11) is 1.65. The monoisotopic (exact) mass is 243 g/mol. The lowest BCUT2D eigenvalue weighted by Gasteiger charge is -2.07. The maximum atomic E-state index is 11.1. The van der Waals surface area contributed by atoms with E-state index in [1.165, 1.54) is 6.07 Å². The Labute approximate surface area is 103 Å². The molecule has 0 bridgehead atoms. The average molecular weight is 243 g/mol. The van der Waals surface area contributed by atoms with Crippen molar-refractivity contribution in [3.63, 3.8) is 0 Å². The predicted molar refractivity (Wildman–Crippen MR) is 69.0 cm³/mol. The maximum Gasteiger partial charge on any atom is 0.264 e. The molecule has 0 fully saturated rings. The number of nitrogens with one attached hydrogen (secondary N) is 2. The molecule has 92 valence electrons. The molecule has 3 aromatic rings. The average Bonchev–Trinajstić information content (AvgIpc) is 2.99. The van der Waals surface area contributed by atoms with Crippen molar-refractivity contribution in [2.24, 2.45) is 0 Å². The van der Waals surface area contributed by atoms with Gasteiger partial charge in [-0.05, 0) is 17.7 Å². The summed E-state index contributed by atoms with van der Waals surface area (Å²) in [6.07, 6.45) is 3.63. The van der Waals surface area contributed by atoms with E-state index in [1.54, 1.807) is 18.0 Å². The highest BCUT2D eigenvalue weighted by Crippen LogP contribution is 2.27. The molecule has 2 aromatic heterocycles. The van der Waals surface area contributed by atoms with Gasteiger partial charge in [0, 0.05) is 23.8 Å². The lowest BCUT2D eigenvalue weighted by molar-refractivity contribution is 0.419. The summed E-state index contributed by atoms with van der Waals surface area (Å²) in [6.45, 7) is 0.626. The Morgan fingerprint density at radius 3 is 2.89 bits per heavy atom. The van der Waals surface area contributed by atoms with E-state index in [2.05, 4.69) is 10.1 Å². The van der Waals surface area contributed by atoms with Crippen LogP contribution in [0.3, 0.4) is 0 Å². The second-order valence-corrected chi connectivity index (χ2v) is 4.11. The minimum Gasteiger partial charge on any atom is -0.495 e. The first kappa shape index (κ1) is 10.7. The van der Waals surface area contributed by atoms with E-state index in [0.717, 1.165) is 22.2 Å². The predicted octanol–water partition coefficient (Wildman–Crippen LogP) is 1.71. The zero-order chi connectivity index (χ0) is 12.5. The largest absolute Gasteiger partial charge is 0.495 e. The second-order valence-electron chi connectivity index (χ2n) is 4.11. The lowest BCUT2D eigenvalue weighted by atomic mass is 10.1. The third-order valence-electron chi connectivity index (χ3n) is 3.00. The van der Waals surface area contributed by atoms with Gasteiger partial charge >= 0.3 is 0 Å². The SMILES string of the molecule is COc1ccc(Cn2ccc(=O)[nH]2)c2cc[nH]c12. The van der Waals surface area contributed by atoms with Gasteiger partial charge in [0.1, 0.15) is 5.75 Å². The summed E-state index contributed by atoms with van der Waals surface area (Å²) in [5, 5.41) is 3.83. The molecule has 0 aliphatic heterocycles. The lowest BCUT2D eigenvalue weighted by Crippen LogP contribution is -2.06. The molecule has 1 aromatic carbocycles. The van der Waals surface area contributed by atoms with Gasteiger partial charge < -0.3 is 9.72 Å². The molecule has 0 spiro atoms. The molecule has 0 unspecified atom stereocenters. The Morgan fingerprint density at radius 2 is 2.17 bits per heavy atom. The molecule has 0 amide bonds. The third-order valence-corrected chi connectivity index (χ3v) is 3.00. The van der Waals surface area contributed by atoms with Crippen LogP contribution in [-0.4, -0.2) is 21.9 Å². The van der Waals surface area contributed by atoms with Crippen LogP contribution in [0.25, 0.3) is 10.9 Å². The number of rotatable bonds is 3. The maximum absolute atomic E-state index is 11.1. The summed E-state index contributed by atoms with van der Waals surface area (Å²) in [5.41, 5.74) is 2.01. The van der Waals surface area contributed by atoms with E-state index in [1.807, 2.05) is 24.4 Å². The number of nitrogens with zero attached hydrogens (tertiary/aromatic N) is 1. The number of hydrogen-bond donors (Lipinski definition) is 2. The van der Waals surface area contributed by atoms with Crippen LogP contribution in [-0.2, 0) is 6.54 Å². The third kappa shape index (κ3) is 1.69. The van der Waals surface area contributed by atoms with E-state index < -0.39 is 0 Å². The molecule has 3 rings (SSSR count). The van der Waals surface area contributed by atoms with E-state index >= 15 is 0 Å². The number of aromatic nitrogens is 3. The van der Waals surface area contributed by atoms with Gasteiger partial charge in [-0.1, -0.05) is 6.07 Å². The Bertz CT molecular complexity index is 736. The first-order valence-electron chi connectivity index (χ1n) is 5.66. The van der Waals surface area contributed by atoms with Gasteiger partial charge in [0.25, 0.3) is 5.56 Å². The Hall–Kier alpha value is -2.43. The van der Waals surface area contributed by atoms with E-state index in [-0.39, 0.29) is 5.56 Å². The van der Waals surface area contributed by atoms with Crippen LogP contribution in [0.2, 0.25) is 0 Å². The summed E-state index contributed by atoms with van der Waals surface area (Å²) < 4.78 is 7.06. The molecule has 0 radical (unpaired) electrons. The van der Waals surface area contributed by atoms with Crippen molar-refractivity contribution in [2.45, 2.75) is 6.54 Å². The number of hydrogen-bond acceptors (Lipinski definition) is 2. The smallest absolute Gasteiger partial charge is 0.264 e. The van der Waals surface area contributed by atoms with Crippen LogP contribution < -0.4 is 10.3 Å². The van der Waals surface area contributed by atoms with Gasteiger partial charge in [0.2, 0.25) is 0 Å². The van der Waals surface area contributed by atoms with Crippen molar-refractivity contribution in [3.05, 3.63) is 52.6 Å². The van der Waals surface area contributed by atoms with Crippen molar-refractivity contribution in [1.82, 2.24) is 14.8 Å². The molecule has 5 nitrogen and oxygen atoms in total. The fourth-order valence-electron chi connectivity index (χ4n) is 2.15. The number of methoxy groups -OCH3 is 1. The van der Waals surface area contributed by atoms with Gasteiger partial charge in [-0.25, -0.2) is 0 Å². The van der Waals surface area contributed by atoms with Gasteiger partial charge in [-0.3, -0.25) is 14.6 Å².